The molecule has 0 saturated heterocycles. The Kier molecular flexibility index (Phi) is 4.66. The van der Waals surface area contributed by atoms with Gasteiger partial charge in [-0.15, -0.1) is 0 Å². The van der Waals surface area contributed by atoms with E-state index in [1.807, 2.05) is 0 Å². The first-order valence-electron chi connectivity index (χ1n) is 6.17. The van der Waals surface area contributed by atoms with Gasteiger partial charge in [-0.05, 0) is 35.9 Å². The van der Waals surface area contributed by atoms with Crippen molar-refractivity contribution >= 4 is 17.7 Å². The standard InChI is InChI=1S/C16H13F2NO2/c1-21-15-8-6-11(10-13(15)18)7-9-16(20)19-14-5-3-2-4-12(14)17/h2-10H,1H3,(H,19,20)/b9-7+. The lowest BCUT2D eigenvalue weighted by Gasteiger charge is -2.03. The Morgan fingerprint density at radius 2 is 1.90 bits per heavy atom. The van der Waals surface area contributed by atoms with Gasteiger partial charge in [-0.1, -0.05) is 18.2 Å². The van der Waals surface area contributed by atoms with Gasteiger partial charge in [0, 0.05) is 6.08 Å². The molecule has 2 aromatic rings. The zero-order valence-corrected chi connectivity index (χ0v) is 11.3. The van der Waals surface area contributed by atoms with Crippen molar-refractivity contribution in [3.05, 3.63) is 65.7 Å². The van der Waals surface area contributed by atoms with Crippen molar-refractivity contribution in [1.82, 2.24) is 0 Å². The number of halogens is 2. The topological polar surface area (TPSA) is 38.3 Å². The van der Waals surface area contributed by atoms with Crippen molar-refractivity contribution in [2.75, 3.05) is 12.4 Å². The van der Waals surface area contributed by atoms with Crippen LogP contribution < -0.4 is 10.1 Å². The highest BCUT2D eigenvalue weighted by atomic mass is 19.1. The highest BCUT2D eigenvalue weighted by Gasteiger charge is 2.04. The Hall–Kier alpha value is -2.69. The number of ether oxygens (including phenoxy) is 1. The summed E-state index contributed by atoms with van der Waals surface area (Å²) in [7, 11) is 1.37. The van der Waals surface area contributed by atoms with E-state index in [0.29, 0.717) is 5.56 Å². The first-order chi connectivity index (χ1) is 10.1. The molecule has 0 atom stereocenters. The quantitative estimate of drug-likeness (QED) is 0.873. The number of hydrogen-bond acceptors (Lipinski definition) is 2. The fraction of sp³-hybridized carbons (Fsp3) is 0.0625. The van der Waals surface area contributed by atoms with Gasteiger partial charge >= 0.3 is 0 Å². The number of nitrogens with one attached hydrogen (secondary N) is 1. The fourth-order valence-electron chi connectivity index (χ4n) is 1.70. The van der Waals surface area contributed by atoms with Crippen LogP contribution in [0.25, 0.3) is 6.08 Å². The van der Waals surface area contributed by atoms with Crippen LogP contribution in [-0.4, -0.2) is 13.0 Å². The third-order valence-corrected chi connectivity index (χ3v) is 2.73. The number of benzene rings is 2. The van der Waals surface area contributed by atoms with Crippen molar-refractivity contribution < 1.29 is 18.3 Å². The van der Waals surface area contributed by atoms with E-state index in [0.717, 1.165) is 0 Å². The predicted octanol–water partition coefficient (Wildman–Crippen LogP) is 3.63. The average Bonchev–Trinajstić information content (AvgIpc) is 2.48. The molecule has 2 rings (SSSR count). The second-order valence-electron chi connectivity index (χ2n) is 4.20. The summed E-state index contributed by atoms with van der Waals surface area (Å²) in [5.41, 5.74) is 0.588. The first-order valence-corrected chi connectivity index (χ1v) is 6.17. The fourth-order valence-corrected chi connectivity index (χ4v) is 1.70. The lowest BCUT2D eigenvalue weighted by Crippen LogP contribution is -2.09. The van der Waals surface area contributed by atoms with Crippen LogP contribution in [0.2, 0.25) is 0 Å². The van der Waals surface area contributed by atoms with Crippen molar-refractivity contribution in [2.24, 2.45) is 0 Å². The molecule has 0 spiro atoms. The van der Waals surface area contributed by atoms with E-state index >= 15 is 0 Å². The van der Waals surface area contributed by atoms with Gasteiger partial charge in [-0.2, -0.15) is 0 Å². The average molecular weight is 289 g/mol. The molecular formula is C16H13F2NO2. The normalized spacial score (nSPS) is 10.6. The highest BCUT2D eigenvalue weighted by Crippen LogP contribution is 2.18. The van der Waals surface area contributed by atoms with E-state index in [9.17, 15) is 13.6 Å². The number of methoxy groups -OCH3 is 1. The second-order valence-corrected chi connectivity index (χ2v) is 4.20. The van der Waals surface area contributed by atoms with Gasteiger partial charge in [0.05, 0.1) is 12.8 Å². The third kappa shape index (κ3) is 3.89. The van der Waals surface area contributed by atoms with Crippen molar-refractivity contribution in [3.63, 3.8) is 0 Å². The Bertz CT molecular complexity index is 684. The Morgan fingerprint density at radius 3 is 2.57 bits per heavy atom. The van der Waals surface area contributed by atoms with E-state index in [2.05, 4.69) is 5.32 Å². The molecule has 0 bridgehead atoms. The van der Waals surface area contributed by atoms with E-state index < -0.39 is 17.5 Å². The summed E-state index contributed by atoms with van der Waals surface area (Å²) >= 11 is 0. The summed E-state index contributed by atoms with van der Waals surface area (Å²) in [6, 6.07) is 10.2. The SMILES string of the molecule is COc1ccc(/C=C/C(=O)Nc2ccccc2F)cc1F. The Morgan fingerprint density at radius 1 is 1.14 bits per heavy atom. The van der Waals surface area contributed by atoms with Crippen LogP contribution in [0.1, 0.15) is 5.56 Å². The lowest BCUT2D eigenvalue weighted by atomic mass is 10.2. The summed E-state index contributed by atoms with van der Waals surface area (Å²) in [5, 5.41) is 2.40. The van der Waals surface area contributed by atoms with Crippen LogP contribution in [0.4, 0.5) is 14.5 Å². The molecular weight excluding hydrogens is 276 g/mol. The predicted molar refractivity (Wildman–Crippen MR) is 77.0 cm³/mol. The number of anilines is 1. The second kappa shape index (κ2) is 6.65. The molecule has 0 heterocycles. The Balaban J connectivity index is 2.05. The number of carbonyl (C=O) groups excluding carboxylic acids is 1. The number of hydrogen-bond donors (Lipinski definition) is 1. The van der Waals surface area contributed by atoms with Crippen LogP contribution in [0, 0.1) is 11.6 Å². The number of para-hydroxylation sites is 1. The highest BCUT2D eigenvalue weighted by molar-refractivity contribution is 6.01. The zero-order chi connectivity index (χ0) is 15.2. The maximum Gasteiger partial charge on any atom is 0.248 e. The van der Waals surface area contributed by atoms with Gasteiger partial charge in [0.2, 0.25) is 5.91 Å². The molecule has 1 N–H and O–H groups in total. The van der Waals surface area contributed by atoms with Gasteiger partial charge in [0.25, 0.3) is 0 Å². The van der Waals surface area contributed by atoms with Gasteiger partial charge < -0.3 is 10.1 Å². The van der Waals surface area contributed by atoms with Crippen LogP contribution in [-0.2, 0) is 4.79 Å². The minimum atomic E-state index is -0.519. The smallest absolute Gasteiger partial charge is 0.248 e. The molecule has 108 valence electrons. The third-order valence-electron chi connectivity index (χ3n) is 2.73. The van der Waals surface area contributed by atoms with Crippen LogP contribution in [0.15, 0.2) is 48.5 Å². The summed E-state index contributed by atoms with van der Waals surface area (Å²) < 4.78 is 31.6. The molecule has 5 heteroatoms. The molecule has 21 heavy (non-hydrogen) atoms. The van der Waals surface area contributed by atoms with E-state index in [1.54, 1.807) is 12.1 Å². The molecule has 0 radical (unpaired) electrons. The summed E-state index contributed by atoms with van der Waals surface area (Å²) in [4.78, 5) is 11.7. The first kappa shape index (κ1) is 14.7. The molecule has 3 nitrogen and oxygen atoms in total. The molecule has 2 aromatic carbocycles. The zero-order valence-electron chi connectivity index (χ0n) is 11.3. The van der Waals surface area contributed by atoms with E-state index in [4.69, 9.17) is 4.74 Å². The molecule has 0 aliphatic heterocycles. The van der Waals surface area contributed by atoms with Crippen molar-refractivity contribution in [2.45, 2.75) is 0 Å². The maximum absolute atomic E-state index is 13.5. The minimum Gasteiger partial charge on any atom is -0.494 e. The maximum atomic E-state index is 13.5. The summed E-state index contributed by atoms with van der Waals surface area (Å²) in [5.74, 6) is -1.41. The van der Waals surface area contributed by atoms with Gasteiger partial charge in [0.1, 0.15) is 5.82 Å². The van der Waals surface area contributed by atoms with Crippen LogP contribution in [0.3, 0.4) is 0 Å². The van der Waals surface area contributed by atoms with Crippen LogP contribution in [0.5, 0.6) is 5.75 Å². The molecule has 1 amide bonds. The minimum absolute atomic E-state index is 0.0908. The van der Waals surface area contributed by atoms with Gasteiger partial charge in [-0.25, -0.2) is 8.78 Å². The molecule has 0 saturated carbocycles. The number of carbonyl (C=O) groups is 1. The monoisotopic (exact) mass is 289 g/mol. The number of rotatable bonds is 4. The molecule has 0 aliphatic carbocycles. The summed E-state index contributed by atoms with van der Waals surface area (Å²) in [6.07, 6.45) is 2.63. The molecule has 0 fully saturated rings. The lowest BCUT2D eigenvalue weighted by molar-refractivity contribution is -0.111. The van der Waals surface area contributed by atoms with Gasteiger partial charge in [-0.3, -0.25) is 4.79 Å². The number of amides is 1. The van der Waals surface area contributed by atoms with Crippen molar-refractivity contribution in [1.29, 1.82) is 0 Å². The summed E-state index contributed by atoms with van der Waals surface area (Å²) in [6.45, 7) is 0. The molecule has 0 aliphatic rings. The van der Waals surface area contributed by atoms with E-state index in [-0.39, 0.29) is 11.4 Å². The molecule has 0 unspecified atom stereocenters. The van der Waals surface area contributed by atoms with Gasteiger partial charge in [0.15, 0.2) is 11.6 Å². The van der Waals surface area contributed by atoms with Crippen molar-refractivity contribution in [3.8, 4) is 5.75 Å². The molecule has 0 aromatic heterocycles. The largest absolute Gasteiger partial charge is 0.494 e. The Labute approximate surface area is 120 Å². The van der Waals surface area contributed by atoms with E-state index in [1.165, 1.54) is 49.6 Å². The van der Waals surface area contributed by atoms with Crippen LogP contribution >= 0.6 is 0 Å².